The number of carboxylic acid groups (broad SMARTS) is 1. The quantitative estimate of drug-likeness (QED) is 0.744. The van der Waals surface area contributed by atoms with E-state index in [-0.39, 0.29) is 24.5 Å². The van der Waals surface area contributed by atoms with E-state index in [0.717, 1.165) is 0 Å². The first-order valence-electron chi connectivity index (χ1n) is 6.02. The Kier molecular flexibility index (Phi) is 7.35. The van der Waals surface area contributed by atoms with Crippen molar-refractivity contribution in [2.24, 2.45) is 5.92 Å². The van der Waals surface area contributed by atoms with Gasteiger partial charge in [-0.05, 0) is 12.8 Å². The van der Waals surface area contributed by atoms with Gasteiger partial charge in [-0.2, -0.15) is 0 Å². The summed E-state index contributed by atoms with van der Waals surface area (Å²) in [4.78, 5) is 25.8. The molecular weight excluding hydrogens is 236 g/mol. The van der Waals surface area contributed by atoms with E-state index in [0.29, 0.717) is 13.2 Å². The van der Waals surface area contributed by atoms with E-state index in [9.17, 15) is 9.59 Å². The Balaban J connectivity index is 4.66. The normalized spacial score (nSPS) is 12.3. The summed E-state index contributed by atoms with van der Waals surface area (Å²) in [7, 11) is 3.22. The minimum absolute atomic E-state index is 0.0917. The van der Waals surface area contributed by atoms with E-state index >= 15 is 0 Å². The lowest BCUT2D eigenvalue weighted by atomic mass is 10.2. The van der Waals surface area contributed by atoms with Gasteiger partial charge in [0, 0.05) is 20.7 Å². The molecule has 1 N–H and O–H groups in total. The van der Waals surface area contributed by atoms with Crippen LogP contribution in [0.4, 0.5) is 4.79 Å². The molecule has 106 valence electrons. The molecule has 0 aromatic rings. The molecule has 0 saturated carbocycles. The van der Waals surface area contributed by atoms with E-state index < -0.39 is 5.97 Å². The number of hydrogen-bond acceptors (Lipinski definition) is 3. The molecule has 0 aliphatic heterocycles. The Morgan fingerprint density at radius 1 is 1.28 bits per heavy atom. The summed E-state index contributed by atoms with van der Waals surface area (Å²) in [6, 6.07) is -0.374. The van der Waals surface area contributed by atoms with E-state index in [1.54, 1.807) is 14.2 Å². The molecule has 0 rings (SSSR count). The molecule has 0 bridgehead atoms. The van der Waals surface area contributed by atoms with E-state index in [2.05, 4.69) is 0 Å². The van der Waals surface area contributed by atoms with E-state index in [1.165, 1.54) is 9.80 Å². The molecule has 0 spiro atoms. The van der Waals surface area contributed by atoms with E-state index in [1.807, 2.05) is 20.8 Å². The van der Waals surface area contributed by atoms with Crippen molar-refractivity contribution in [3.63, 3.8) is 0 Å². The van der Waals surface area contributed by atoms with Crippen molar-refractivity contribution in [1.82, 2.24) is 9.80 Å². The second-order valence-electron chi connectivity index (χ2n) is 4.87. The number of urea groups is 1. The van der Waals surface area contributed by atoms with Crippen molar-refractivity contribution >= 4 is 12.0 Å². The van der Waals surface area contributed by atoms with Gasteiger partial charge in [-0.15, -0.1) is 0 Å². The third kappa shape index (κ3) is 5.86. The van der Waals surface area contributed by atoms with Gasteiger partial charge >= 0.3 is 12.0 Å². The highest BCUT2D eigenvalue weighted by molar-refractivity contribution is 5.80. The maximum absolute atomic E-state index is 12.2. The Hall–Kier alpha value is -1.30. The van der Waals surface area contributed by atoms with Crippen molar-refractivity contribution in [2.75, 3.05) is 33.9 Å². The van der Waals surface area contributed by atoms with Gasteiger partial charge < -0.3 is 19.6 Å². The minimum Gasteiger partial charge on any atom is -0.480 e. The summed E-state index contributed by atoms with van der Waals surface area (Å²) < 4.78 is 4.99. The molecule has 1 unspecified atom stereocenters. The molecule has 0 aromatic heterocycles. The fraction of sp³-hybridized carbons (Fsp3) is 0.833. The Morgan fingerprint density at radius 2 is 1.83 bits per heavy atom. The molecule has 1 atom stereocenters. The Bertz CT molecular complexity index is 281. The standard InChI is InChI=1S/C12H24N2O4/c1-9(2)6-14(7-11(15)16)12(17)13(4)10(3)8-18-5/h9-10H,6-8H2,1-5H3,(H,15,16). The fourth-order valence-electron chi connectivity index (χ4n) is 1.58. The first-order chi connectivity index (χ1) is 8.29. The summed E-state index contributed by atoms with van der Waals surface area (Å²) in [5.74, 6) is -0.781. The van der Waals surface area contributed by atoms with Crippen LogP contribution in [-0.2, 0) is 9.53 Å². The van der Waals surface area contributed by atoms with Crippen molar-refractivity contribution in [3.8, 4) is 0 Å². The minimum atomic E-state index is -1.00. The molecule has 6 heteroatoms. The second-order valence-corrected chi connectivity index (χ2v) is 4.87. The van der Waals surface area contributed by atoms with Crippen LogP contribution in [0.15, 0.2) is 0 Å². The number of rotatable bonds is 7. The zero-order chi connectivity index (χ0) is 14.3. The fourth-order valence-corrected chi connectivity index (χ4v) is 1.58. The van der Waals surface area contributed by atoms with Crippen LogP contribution in [0.1, 0.15) is 20.8 Å². The smallest absolute Gasteiger partial charge is 0.323 e. The van der Waals surface area contributed by atoms with Crippen LogP contribution in [0.5, 0.6) is 0 Å². The number of amides is 2. The number of methoxy groups -OCH3 is 1. The Labute approximate surface area is 109 Å². The summed E-state index contributed by atoms with van der Waals surface area (Å²) in [6.45, 7) is 6.32. The zero-order valence-electron chi connectivity index (χ0n) is 11.8. The maximum Gasteiger partial charge on any atom is 0.323 e. The third-order valence-corrected chi connectivity index (χ3v) is 2.55. The molecular formula is C12H24N2O4. The first-order valence-corrected chi connectivity index (χ1v) is 6.02. The Morgan fingerprint density at radius 3 is 2.22 bits per heavy atom. The number of carbonyl (C=O) groups is 2. The molecule has 6 nitrogen and oxygen atoms in total. The summed E-state index contributed by atoms with van der Waals surface area (Å²) >= 11 is 0. The molecule has 0 aliphatic carbocycles. The number of hydrogen-bond donors (Lipinski definition) is 1. The molecule has 0 radical (unpaired) electrons. The largest absolute Gasteiger partial charge is 0.480 e. The van der Waals surface area contributed by atoms with Crippen LogP contribution >= 0.6 is 0 Å². The number of ether oxygens (including phenoxy) is 1. The van der Waals surface area contributed by atoms with Gasteiger partial charge in [0.25, 0.3) is 0 Å². The van der Waals surface area contributed by atoms with Crippen LogP contribution in [-0.4, -0.2) is 66.8 Å². The molecule has 18 heavy (non-hydrogen) atoms. The predicted molar refractivity (Wildman–Crippen MR) is 68.5 cm³/mol. The summed E-state index contributed by atoms with van der Waals surface area (Å²) in [5, 5.41) is 8.83. The van der Waals surface area contributed by atoms with Crippen LogP contribution in [0, 0.1) is 5.92 Å². The van der Waals surface area contributed by atoms with Crippen LogP contribution in [0.2, 0.25) is 0 Å². The number of likely N-dealkylation sites (N-methyl/N-ethyl adjacent to an activating group) is 1. The molecule has 0 saturated heterocycles. The second kappa shape index (κ2) is 7.92. The average molecular weight is 260 g/mol. The maximum atomic E-state index is 12.2. The average Bonchev–Trinajstić information content (AvgIpc) is 2.25. The van der Waals surface area contributed by atoms with Crippen LogP contribution in [0.3, 0.4) is 0 Å². The van der Waals surface area contributed by atoms with Crippen molar-refractivity contribution < 1.29 is 19.4 Å². The highest BCUT2D eigenvalue weighted by Gasteiger charge is 2.24. The zero-order valence-corrected chi connectivity index (χ0v) is 11.8. The summed E-state index contributed by atoms with van der Waals surface area (Å²) in [5.41, 5.74) is 0. The third-order valence-electron chi connectivity index (χ3n) is 2.55. The first kappa shape index (κ1) is 16.7. The van der Waals surface area contributed by atoms with Crippen molar-refractivity contribution in [3.05, 3.63) is 0 Å². The number of aliphatic carboxylic acids is 1. The molecule has 0 aromatic carbocycles. The van der Waals surface area contributed by atoms with Gasteiger partial charge in [0.2, 0.25) is 0 Å². The van der Waals surface area contributed by atoms with E-state index in [4.69, 9.17) is 9.84 Å². The topological polar surface area (TPSA) is 70.1 Å². The lowest BCUT2D eigenvalue weighted by Gasteiger charge is -2.31. The number of carboxylic acids is 1. The molecule has 0 heterocycles. The lowest BCUT2D eigenvalue weighted by Crippen LogP contribution is -2.49. The highest BCUT2D eigenvalue weighted by atomic mass is 16.5. The molecule has 0 fully saturated rings. The number of carbonyl (C=O) groups excluding carboxylic acids is 1. The van der Waals surface area contributed by atoms with Crippen LogP contribution in [0.25, 0.3) is 0 Å². The lowest BCUT2D eigenvalue weighted by molar-refractivity contribution is -0.137. The van der Waals surface area contributed by atoms with Crippen LogP contribution < -0.4 is 0 Å². The number of nitrogens with zero attached hydrogens (tertiary/aromatic N) is 2. The van der Waals surface area contributed by atoms with Gasteiger partial charge in [0.15, 0.2) is 0 Å². The van der Waals surface area contributed by atoms with Gasteiger partial charge in [-0.1, -0.05) is 13.8 Å². The molecule has 0 aliphatic rings. The van der Waals surface area contributed by atoms with Crippen molar-refractivity contribution in [2.45, 2.75) is 26.8 Å². The summed E-state index contributed by atoms with van der Waals surface area (Å²) in [6.07, 6.45) is 0. The van der Waals surface area contributed by atoms with Gasteiger partial charge in [-0.3, -0.25) is 4.79 Å². The SMILES string of the molecule is COCC(C)N(C)C(=O)N(CC(=O)O)CC(C)C. The monoisotopic (exact) mass is 260 g/mol. The van der Waals surface area contributed by atoms with Gasteiger partial charge in [-0.25, -0.2) is 4.79 Å². The predicted octanol–water partition coefficient (Wildman–Crippen LogP) is 1.12. The highest BCUT2D eigenvalue weighted by Crippen LogP contribution is 2.06. The van der Waals surface area contributed by atoms with Crippen molar-refractivity contribution in [1.29, 1.82) is 0 Å². The van der Waals surface area contributed by atoms with Gasteiger partial charge in [0.1, 0.15) is 6.54 Å². The molecule has 2 amide bonds. The van der Waals surface area contributed by atoms with Gasteiger partial charge in [0.05, 0.1) is 12.6 Å².